The molecule has 5 rings (SSSR count). The number of nitrogens with one attached hydrogen (secondary N) is 1. The van der Waals surface area contributed by atoms with Crippen molar-refractivity contribution in [2.45, 2.75) is 38.3 Å². The Hall–Kier alpha value is -0.610. The summed E-state index contributed by atoms with van der Waals surface area (Å²) in [4.78, 5) is 14.2. The maximum absolute atomic E-state index is 12.2. The highest BCUT2D eigenvalue weighted by molar-refractivity contribution is 5.78. The Balaban J connectivity index is 1.29. The second-order valence-corrected chi connectivity index (χ2v) is 9.11. The zero-order valence-electron chi connectivity index (χ0n) is 13.8. The van der Waals surface area contributed by atoms with Gasteiger partial charge in [0, 0.05) is 12.6 Å². The monoisotopic (exact) mass is 304 g/mol. The lowest BCUT2D eigenvalue weighted by Gasteiger charge is -2.51. The van der Waals surface area contributed by atoms with E-state index in [1.807, 2.05) is 11.9 Å². The van der Waals surface area contributed by atoms with E-state index in [2.05, 4.69) is 19.2 Å². The average molecular weight is 304 g/mol. The van der Waals surface area contributed by atoms with Crippen LogP contribution in [-0.4, -0.2) is 47.7 Å². The zero-order chi connectivity index (χ0) is 15.4. The molecule has 5 saturated carbocycles. The first-order valence-electron chi connectivity index (χ1n) is 9.13. The summed E-state index contributed by atoms with van der Waals surface area (Å²) in [6.07, 6.45) is 2.76. The van der Waals surface area contributed by atoms with Crippen molar-refractivity contribution in [1.29, 1.82) is 0 Å². The molecule has 0 aromatic heterocycles. The van der Waals surface area contributed by atoms with Crippen LogP contribution in [0.4, 0.5) is 0 Å². The predicted molar refractivity (Wildman–Crippen MR) is 82.9 cm³/mol. The van der Waals surface area contributed by atoms with Crippen molar-refractivity contribution >= 4 is 5.91 Å². The summed E-state index contributed by atoms with van der Waals surface area (Å²) in [5.41, 5.74) is -0.587. The van der Waals surface area contributed by atoms with Gasteiger partial charge in [0.1, 0.15) is 0 Å². The van der Waals surface area contributed by atoms with Crippen LogP contribution in [0.2, 0.25) is 0 Å². The van der Waals surface area contributed by atoms with Crippen LogP contribution in [0.1, 0.15) is 26.7 Å². The maximum Gasteiger partial charge on any atom is 0.234 e. The highest BCUT2D eigenvalue weighted by Gasteiger charge is 2.84. The van der Waals surface area contributed by atoms with E-state index in [0.29, 0.717) is 31.0 Å². The number of fused-ring (bicyclic) bond motifs is 2. The Labute approximate surface area is 132 Å². The van der Waals surface area contributed by atoms with Gasteiger partial charge in [-0.25, -0.2) is 0 Å². The third-order valence-electron chi connectivity index (χ3n) is 8.36. The number of hydrogen-bond donors (Lipinski definition) is 2. The molecule has 0 aromatic carbocycles. The SMILES string of the molecule is CC(C)N(C)CC(=O)NCC1(O)C2C3CC4C5C3CC2C5C41. The summed E-state index contributed by atoms with van der Waals surface area (Å²) in [7, 11) is 1.97. The fourth-order valence-electron chi connectivity index (χ4n) is 7.67. The summed E-state index contributed by atoms with van der Waals surface area (Å²) < 4.78 is 0. The Morgan fingerprint density at radius 3 is 2.59 bits per heavy atom. The summed E-state index contributed by atoms with van der Waals surface area (Å²) in [6, 6.07) is 0.367. The number of nitrogens with zero attached hydrogens (tertiary/aromatic N) is 1. The lowest BCUT2D eigenvalue weighted by atomic mass is 9.56. The van der Waals surface area contributed by atoms with Crippen LogP contribution in [-0.2, 0) is 4.79 Å². The fraction of sp³-hybridized carbons (Fsp3) is 0.944. The topological polar surface area (TPSA) is 52.6 Å². The van der Waals surface area contributed by atoms with Gasteiger partial charge in [-0.3, -0.25) is 9.69 Å². The quantitative estimate of drug-likeness (QED) is 0.795. The van der Waals surface area contributed by atoms with Gasteiger partial charge in [0.2, 0.25) is 5.91 Å². The number of hydrogen-bond acceptors (Lipinski definition) is 3. The van der Waals surface area contributed by atoms with E-state index in [0.717, 1.165) is 35.5 Å². The molecule has 2 N–H and O–H groups in total. The Kier molecular flexibility index (Phi) is 2.55. The number of amides is 1. The van der Waals surface area contributed by atoms with E-state index < -0.39 is 5.60 Å². The van der Waals surface area contributed by atoms with Gasteiger partial charge in [-0.15, -0.1) is 0 Å². The number of carbonyl (C=O) groups is 1. The van der Waals surface area contributed by atoms with Crippen molar-refractivity contribution in [3.63, 3.8) is 0 Å². The van der Waals surface area contributed by atoms with Gasteiger partial charge in [-0.2, -0.15) is 0 Å². The van der Waals surface area contributed by atoms with E-state index >= 15 is 0 Å². The lowest BCUT2D eigenvalue weighted by molar-refractivity contribution is -0.138. The van der Waals surface area contributed by atoms with E-state index in [1.165, 1.54) is 12.8 Å². The standard InChI is InChI=1S/C18H28N2O2/c1-8(2)20(3)6-13(21)19-7-18(22)16-10-5-11-14-9(10)4-12(16)15(14)17(11)18/h8-12,14-17,22H,4-7H2,1-3H3,(H,19,21). The van der Waals surface area contributed by atoms with Crippen molar-refractivity contribution in [2.24, 2.45) is 47.3 Å². The summed E-state index contributed by atoms with van der Waals surface area (Å²) >= 11 is 0. The molecule has 1 amide bonds. The van der Waals surface area contributed by atoms with Crippen LogP contribution >= 0.6 is 0 Å². The largest absolute Gasteiger partial charge is 0.387 e. The number of likely N-dealkylation sites (N-methyl/N-ethyl adjacent to an activating group) is 1. The van der Waals surface area contributed by atoms with Crippen LogP contribution < -0.4 is 5.32 Å². The Morgan fingerprint density at radius 1 is 1.18 bits per heavy atom. The zero-order valence-corrected chi connectivity index (χ0v) is 13.8. The van der Waals surface area contributed by atoms with Crippen LogP contribution in [0, 0.1) is 47.3 Å². The average Bonchev–Trinajstić information content (AvgIpc) is 2.95. The van der Waals surface area contributed by atoms with Crippen molar-refractivity contribution in [3.05, 3.63) is 0 Å². The Morgan fingerprint density at radius 2 is 1.86 bits per heavy atom. The molecule has 5 aliphatic carbocycles. The maximum atomic E-state index is 12.2. The molecule has 0 saturated heterocycles. The minimum absolute atomic E-state index is 0.0583. The molecular formula is C18H28N2O2. The van der Waals surface area contributed by atoms with Crippen LogP contribution in [0.3, 0.4) is 0 Å². The second-order valence-electron chi connectivity index (χ2n) is 9.11. The molecule has 4 nitrogen and oxygen atoms in total. The van der Waals surface area contributed by atoms with Crippen molar-refractivity contribution < 1.29 is 9.90 Å². The molecule has 9 atom stereocenters. The van der Waals surface area contributed by atoms with Crippen molar-refractivity contribution in [2.75, 3.05) is 20.1 Å². The van der Waals surface area contributed by atoms with Gasteiger partial charge in [0.05, 0.1) is 12.1 Å². The molecule has 0 aromatic rings. The first-order chi connectivity index (χ1) is 10.4. The minimum Gasteiger partial charge on any atom is -0.387 e. The molecule has 2 bridgehead atoms. The first-order valence-corrected chi connectivity index (χ1v) is 9.13. The van der Waals surface area contributed by atoms with Crippen LogP contribution in [0.25, 0.3) is 0 Å². The first kappa shape index (κ1) is 13.8. The van der Waals surface area contributed by atoms with Gasteiger partial charge in [0.15, 0.2) is 0 Å². The van der Waals surface area contributed by atoms with Crippen molar-refractivity contribution in [1.82, 2.24) is 10.2 Å². The highest BCUT2D eigenvalue weighted by atomic mass is 16.3. The molecule has 4 heteroatoms. The predicted octanol–water partition coefficient (Wildman–Crippen LogP) is 0.952. The number of aliphatic hydroxyl groups is 1. The number of rotatable bonds is 5. The molecule has 5 aliphatic rings. The van der Waals surface area contributed by atoms with Crippen LogP contribution in [0.5, 0.6) is 0 Å². The molecular weight excluding hydrogens is 276 g/mol. The molecule has 0 radical (unpaired) electrons. The van der Waals surface area contributed by atoms with E-state index in [-0.39, 0.29) is 5.91 Å². The van der Waals surface area contributed by atoms with Gasteiger partial charge in [0.25, 0.3) is 0 Å². The summed E-state index contributed by atoms with van der Waals surface area (Å²) in [5.74, 6) is 6.07. The van der Waals surface area contributed by atoms with Crippen molar-refractivity contribution in [3.8, 4) is 0 Å². The molecule has 9 unspecified atom stereocenters. The van der Waals surface area contributed by atoms with Gasteiger partial charge >= 0.3 is 0 Å². The third kappa shape index (κ3) is 1.36. The molecule has 5 fully saturated rings. The molecule has 22 heavy (non-hydrogen) atoms. The Bertz CT molecular complexity index is 529. The number of carbonyl (C=O) groups excluding carboxylic acids is 1. The molecule has 0 spiro atoms. The minimum atomic E-state index is -0.587. The summed E-state index contributed by atoms with van der Waals surface area (Å²) in [5, 5.41) is 14.5. The van der Waals surface area contributed by atoms with Gasteiger partial charge in [-0.1, -0.05) is 0 Å². The smallest absolute Gasteiger partial charge is 0.234 e. The van der Waals surface area contributed by atoms with Crippen LogP contribution in [0.15, 0.2) is 0 Å². The normalized spacial score (nSPS) is 55.5. The lowest BCUT2D eigenvalue weighted by Crippen LogP contribution is -2.59. The van der Waals surface area contributed by atoms with E-state index in [4.69, 9.17) is 0 Å². The van der Waals surface area contributed by atoms with Gasteiger partial charge < -0.3 is 10.4 Å². The molecule has 0 heterocycles. The highest BCUT2D eigenvalue weighted by Crippen LogP contribution is 2.85. The molecule has 0 aliphatic heterocycles. The third-order valence-corrected chi connectivity index (χ3v) is 8.36. The fourth-order valence-corrected chi connectivity index (χ4v) is 7.67. The van der Waals surface area contributed by atoms with E-state index in [1.54, 1.807) is 0 Å². The summed E-state index contributed by atoms with van der Waals surface area (Å²) in [6.45, 7) is 5.10. The van der Waals surface area contributed by atoms with E-state index in [9.17, 15) is 9.90 Å². The molecule has 122 valence electrons. The second kappa shape index (κ2) is 4.07. The van der Waals surface area contributed by atoms with Gasteiger partial charge in [-0.05, 0) is 81.1 Å².